The molecule has 4 rings (SSSR count). The lowest BCUT2D eigenvalue weighted by atomic mass is 10.1. The number of hydrogen-bond donors (Lipinski definition) is 1. The van der Waals surface area contributed by atoms with Crippen molar-refractivity contribution in [3.05, 3.63) is 71.4 Å². The van der Waals surface area contributed by atoms with Gasteiger partial charge in [0, 0.05) is 22.8 Å². The Morgan fingerprint density at radius 3 is 2.54 bits per heavy atom. The molecule has 26 heavy (non-hydrogen) atoms. The third-order valence-corrected chi connectivity index (χ3v) is 4.91. The van der Waals surface area contributed by atoms with E-state index in [1.165, 1.54) is 11.3 Å². The predicted octanol–water partition coefficient (Wildman–Crippen LogP) is 4.63. The number of thiazole rings is 1. The lowest BCUT2D eigenvalue weighted by Crippen LogP contribution is -2.13. The molecule has 0 fully saturated rings. The smallest absolute Gasteiger partial charge is 0.276 e. The molecule has 130 valence electrons. The van der Waals surface area contributed by atoms with Crippen LogP contribution >= 0.6 is 11.3 Å². The number of nitrogens with zero attached hydrogens (tertiary/aromatic N) is 2. The summed E-state index contributed by atoms with van der Waals surface area (Å²) in [7, 11) is 1.63. The molecule has 0 aliphatic heterocycles. The molecule has 2 heterocycles. The Bertz CT molecular complexity index is 1060. The highest BCUT2D eigenvalue weighted by molar-refractivity contribution is 7.15. The molecular weight excluding hydrogens is 346 g/mol. The summed E-state index contributed by atoms with van der Waals surface area (Å²) in [6.45, 7) is 2.01. The van der Waals surface area contributed by atoms with Crippen LogP contribution in [0.25, 0.3) is 16.2 Å². The van der Waals surface area contributed by atoms with E-state index in [1.807, 2.05) is 71.4 Å². The molecule has 1 N–H and O–H groups in total. The second-order valence-electron chi connectivity index (χ2n) is 5.91. The van der Waals surface area contributed by atoms with Crippen molar-refractivity contribution >= 4 is 27.9 Å². The van der Waals surface area contributed by atoms with Crippen LogP contribution in [-0.4, -0.2) is 22.4 Å². The molecule has 1 amide bonds. The van der Waals surface area contributed by atoms with Crippen molar-refractivity contribution in [2.45, 2.75) is 6.92 Å². The van der Waals surface area contributed by atoms with Gasteiger partial charge in [0.2, 0.25) is 0 Å². The van der Waals surface area contributed by atoms with E-state index < -0.39 is 0 Å². The van der Waals surface area contributed by atoms with E-state index in [4.69, 9.17) is 4.74 Å². The summed E-state index contributed by atoms with van der Waals surface area (Å²) in [5.74, 6) is 0.543. The minimum Gasteiger partial charge on any atom is -0.497 e. The number of rotatable bonds is 4. The average molecular weight is 363 g/mol. The van der Waals surface area contributed by atoms with E-state index in [1.54, 1.807) is 7.11 Å². The molecule has 0 saturated carbocycles. The number of hydrogen-bond acceptors (Lipinski definition) is 4. The van der Waals surface area contributed by atoms with Crippen LogP contribution in [0, 0.1) is 6.92 Å². The molecular formula is C20H17N3O2S. The summed E-state index contributed by atoms with van der Waals surface area (Å²) >= 11 is 1.50. The quantitative estimate of drug-likeness (QED) is 0.575. The van der Waals surface area contributed by atoms with Crippen molar-refractivity contribution in [1.29, 1.82) is 0 Å². The molecule has 0 bridgehead atoms. The fraction of sp³-hybridized carbons (Fsp3) is 0.100. The average Bonchev–Trinajstić information content (AvgIpc) is 3.25. The number of ether oxygens (including phenoxy) is 1. The van der Waals surface area contributed by atoms with E-state index in [2.05, 4.69) is 10.3 Å². The van der Waals surface area contributed by atoms with Gasteiger partial charge in [-0.25, -0.2) is 4.98 Å². The molecule has 2 aromatic heterocycles. The largest absolute Gasteiger partial charge is 0.497 e. The number of amides is 1. The maximum absolute atomic E-state index is 12.9. The summed E-state index contributed by atoms with van der Waals surface area (Å²) in [4.78, 5) is 18.2. The van der Waals surface area contributed by atoms with Gasteiger partial charge in [-0.15, -0.1) is 11.3 Å². The summed E-state index contributed by atoms with van der Waals surface area (Å²) < 4.78 is 7.17. The lowest BCUT2D eigenvalue weighted by molar-refractivity contribution is 0.102. The third kappa shape index (κ3) is 2.95. The summed E-state index contributed by atoms with van der Waals surface area (Å²) in [5.41, 5.74) is 3.98. The first kappa shape index (κ1) is 16.4. The summed E-state index contributed by atoms with van der Waals surface area (Å²) in [5, 5.41) is 4.89. The van der Waals surface area contributed by atoms with Crippen LogP contribution in [0.5, 0.6) is 5.75 Å². The number of benzene rings is 2. The molecule has 6 heteroatoms. The Labute approximate surface area is 154 Å². The number of aromatic nitrogens is 2. The third-order valence-electron chi connectivity index (χ3n) is 4.15. The second-order valence-corrected chi connectivity index (χ2v) is 6.79. The van der Waals surface area contributed by atoms with Crippen molar-refractivity contribution in [2.75, 3.05) is 12.4 Å². The first-order chi connectivity index (χ1) is 12.7. The predicted molar refractivity (Wildman–Crippen MR) is 104 cm³/mol. The van der Waals surface area contributed by atoms with Gasteiger partial charge in [-0.3, -0.25) is 9.20 Å². The number of aryl methyl sites for hydroxylation is 1. The molecule has 0 radical (unpaired) electrons. The number of carbonyl (C=O) groups is 1. The van der Waals surface area contributed by atoms with Crippen molar-refractivity contribution in [3.63, 3.8) is 0 Å². The van der Waals surface area contributed by atoms with Gasteiger partial charge >= 0.3 is 0 Å². The van der Waals surface area contributed by atoms with Crippen LogP contribution in [0.3, 0.4) is 0 Å². The highest BCUT2D eigenvalue weighted by Crippen LogP contribution is 2.29. The first-order valence-corrected chi connectivity index (χ1v) is 9.01. The van der Waals surface area contributed by atoms with Crippen LogP contribution in [0.4, 0.5) is 5.69 Å². The van der Waals surface area contributed by atoms with Crippen LogP contribution in [0.1, 0.15) is 16.1 Å². The molecule has 0 aliphatic carbocycles. The van der Waals surface area contributed by atoms with Crippen LogP contribution in [-0.2, 0) is 0 Å². The zero-order valence-electron chi connectivity index (χ0n) is 14.4. The Hall–Kier alpha value is -3.12. The Morgan fingerprint density at radius 1 is 1.12 bits per heavy atom. The van der Waals surface area contributed by atoms with Crippen molar-refractivity contribution in [2.24, 2.45) is 0 Å². The Morgan fingerprint density at radius 2 is 1.85 bits per heavy atom. The van der Waals surface area contributed by atoms with Gasteiger partial charge < -0.3 is 10.1 Å². The molecule has 2 aromatic carbocycles. The Balaban J connectivity index is 1.75. The van der Waals surface area contributed by atoms with Gasteiger partial charge in [0.25, 0.3) is 5.91 Å². The highest BCUT2D eigenvalue weighted by Gasteiger charge is 2.21. The molecule has 0 spiro atoms. The van der Waals surface area contributed by atoms with E-state index in [-0.39, 0.29) is 5.91 Å². The molecule has 0 aliphatic rings. The van der Waals surface area contributed by atoms with E-state index >= 15 is 0 Å². The highest BCUT2D eigenvalue weighted by atomic mass is 32.1. The van der Waals surface area contributed by atoms with Gasteiger partial charge in [-0.05, 0) is 43.3 Å². The van der Waals surface area contributed by atoms with Crippen LogP contribution < -0.4 is 10.1 Å². The molecule has 5 nitrogen and oxygen atoms in total. The Kier molecular flexibility index (Phi) is 4.18. The standard InChI is InChI=1S/C20H17N3O2S/c1-13-3-7-15(8-4-13)21-19(24)17-18(23-11-12-26-20(23)22-17)14-5-9-16(25-2)10-6-14/h3-12H,1-2H3,(H,21,24). The molecule has 4 aromatic rings. The van der Waals surface area contributed by atoms with E-state index in [0.29, 0.717) is 5.69 Å². The monoisotopic (exact) mass is 363 g/mol. The lowest BCUT2D eigenvalue weighted by Gasteiger charge is -2.07. The van der Waals surface area contributed by atoms with Crippen LogP contribution in [0.2, 0.25) is 0 Å². The minimum atomic E-state index is -0.226. The van der Waals surface area contributed by atoms with Gasteiger partial charge in [0.15, 0.2) is 10.7 Å². The summed E-state index contributed by atoms with van der Waals surface area (Å²) in [6.07, 6.45) is 1.93. The fourth-order valence-corrected chi connectivity index (χ4v) is 3.51. The number of nitrogens with one attached hydrogen (secondary N) is 1. The SMILES string of the molecule is COc1ccc(-c2c(C(=O)Nc3ccc(C)cc3)nc3sccn23)cc1. The number of anilines is 1. The van der Waals surface area contributed by atoms with Crippen molar-refractivity contribution in [1.82, 2.24) is 9.38 Å². The molecule has 0 unspecified atom stereocenters. The van der Waals surface area contributed by atoms with Gasteiger partial charge in [0.05, 0.1) is 12.8 Å². The number of carbonyl (C=O) groups excluding carboxylic acids is 1. The van der Waals surface area contributed by atoms with E-state index in [0.717, 1.165) is 33.2 Å². The number of methoxy groups -OCH3 is 1. The molecule has 0 saturated heterocycles. The zero-order chi connectivity index (χ0) is 18.1. The first-order valence-electron chi connectivity index (χ1n) is 8.14. The maximum atomic E-state index is 12.9. The fourth-order valence-electron chi connectivity index (χ4n) is 2.80. The zero-order valence-corrected chi connectivity index (χ0v) is 15.2. The second kappa shape index (κ2) is 6.65. The van der Waals surface area contributed by atoms with Crippen molar-refractivity contribution in [3.8, 4) is 17.0 Å². The van der Waals surface area contributed by atoms with Gasteiger partial charge in [-0.2, -0.15) is 0 Å². The topological polar surface area (TPSA) is 55.6 Å². The minimum absolute atomic E-state index is 0.226. The van der Waals surface area contributed by atoms with Crippen LogP contribution in [0.15, 0.2) is 60.1 Å². The van der Waals surface area contributed by atoms with Crippen molar-refractivity contribution < 1.29 is 9.53 Å². The maximum Gasteiger partial charge on any atom is 0.276 e. The molecule has 0 atom stereocenters. The number of fused-ring (bicyclic) bond motifs is 1. The van der Waals surface area contributed by atoms with Gasteiger partial charge in [-0.1, -0.05) is 17.7 Å². The normalized spacial score (nSPS) is 10.8. The summed E-state index contributed by atoms with van der Waals surface area (Å²) in [6, 6.07) is 15.3. The van der Waals surface area contributed by atoms with Gasteiger partial charge in [0.1, 0.15) is 5.75 Å². The number of imidazole rings is 1. The van der Waals surface area contributed by atoms with E-state index in [9.17, 15) is 4.79 Å².